The lowest BCUT2D eigenvalue weighted by Gasteiger charge is -2.18. The van der Waals surface area contributed by atoms with Gasteiger partial charge in [-0.15, -0.1) is 0 Å². The van der Waals surface area contributed by atoms with Gasteiger partial charge >= 0.3 is 0 Å². The van der Waals surface area contributed by atoms with Crippen molar-refractivity contribution in [2.45, 2.75) is 18.8 Å². The first-order valence-electron chi connectivity index (χ1n) is 11.7. The molecule has 0 aromatic heterocycles. The Morgan fingerprint density at radius 2 is 1.45 bits per heavy atom. The van der Waals surface area contributed by atoms with Crippen LogP contribution >= 0.6 is 0 Å². The molecule has 0 fully saturated rings. The highest BCUT2D eigenvalue weighted by molar-refractivity contribution is 5.95. The predicted octanol–water partition coefficient (Wildman–Crippen LogP) is 5.65. The number of benzene rings is 4. The molecule has 0 radical (unpaired) electrons. The number of carbonyl (C=O) groups excluding carboxylic acids is 1. The van der Waals surface area contributed by atoms with E-state index in [0.717, 1.165) is 40.5 Å². The molecule has 4 aromatic carbocycles. The Labute approximate surface area is 214 Å². The molecule has 4 aromatic rings. The maximum atomic E-state index is 14.4. The molecule has 6 rings (SSSR count). The number of rotatable bonds is 5. The number of nitrogen functional groups attached to an aromatic ring is 1. The highest BCUT2D eigenvalue weighted by Crippen LogP contribution is 2.54. The first kappa shape index (κ1) is 23.9. The third kappa shape index (κ3) is 3.83. The zero-order valence-electron chi connectivity index (χ0n) is 19.6. The van der Waals surface area contributed by atoms with Gasteiger partial charge in [-0.3, -0.25) is 10.2 Å². The van der Waals surface area contributed by atoms with E-state index in [1.165, 1.54) is 12.1 Å². The Morgan fingerprint density at radius 1 is 0.789 bits per heavy atom. The van der Waals surface area contributed by atoms with Crippen LogP contribution < -0.4 is 11.1 Å². The van der Waals surface area contributed by atoms with Crippen molar-refractivity contribution in [3.05, 3.63) is 129 Å². The summed E-state index contributed by atoms with van der Waals surface area (Å²) in [5, 5.41) is 9.85. The molecule has 0 saturated carbocycles. The monoisotopic (exact) mass is 517 g/mol. The molecule has 2 aliphatic heterocycles. The van der Waals surface area contributed by atoms with E-state index in [4.69, 9.17) is 15.9 Å². The van der Waals surface area contributed by atoms with Crippen molar-refractivity contribution in [2.75, 3.05) is 0 Å². The van der Waals surface area contributed by atoms with Crippen LogP contribution in [0.1, 0.15) is 55.9 Å². The van der Waals surface area contributed by atoms with Gasteiger partial charge in [0, 0.05) is 34.9 Å². The van der Waals surface area contributed by atoms with Gasteiger partial charge in [0.15, 0.2) is 0 Å². The van der Waals surface area contributed by atoms with Crippen molar-refractivity contribution in [2.24, 2.45) is 5.73 Å². The molecule has 5 nitrogen and oxygen atoms in total. The Morgan fingerprint density at radius 3 is 2.13 bits per heavy atom. The van der Waals surface area contributed by atoms with Crippen molar-refractivity contribution < 1.29 is 27.1 Å². The van der Waals surface area contributed by atoms with Crippen molar-refractivity contribution in [1.82, 2.24) is 5.32 Å². The fraction of sp³-hybridized carbons (Fsp3) is 0.103. The van der Waals surface area contributed by atoms with Crippen molar-refractivity contribution in [1.29, 1.82) is 5.41 Å². The molecule has 9 heteroatoms. The molecule has 2 aliphatic rings. The summed E-state index contributed by atoms with van der Waals surface area (Å²) in [6.07, 6.45) is -0.813. The van der Waals surface area contributed by atoms with Gasteiger partial charge in [-0.2, -0.15) is 0 Å². The first-order chi connectivity index (χ1) is 18.2. The van der Waals surface area contributed by atoms with Gasteiger partial charge in [0.2, 0.25) is 0 Å². The summed E-state index contributed by atoms with van der Waals surface area (Å²) in [6.45, 7) is -0.399. The molecule has 4 N–H and O–H groups in total. The lowest BCUT2D eigenvalue weighted by Crippen LogP contribution is -2.24. The second-order valence-electron chi connectivity index (χ2n) is 9.22. The van der Waals surface area contributed by atoms with Crippen LogP contribution in [-0.2, 0) is 11.3 Å². The third-order valence-corrected chi connectivity index (χ3v) is 6.96. The number of amides is 1. The molecule has 38 heavy (non-hydrogen) atoms. The number of carbonyl (C=O) groups is 1. The number of nitrogens with one attached hydrogen (secondary N) is 2. The fourth-order valence-electron chi connectivity index (χ4n) is 5.08. The number of amidine groups is 1. The van der Waals surface area contributed by atoms with Crippen LogP contribution in [0, 0.1) is 28.7 Å². The lowest BCUT2D eigenvalue weighted by atomic mass is 9.83. The second-order valence-corrected chi connectivity index (χ2v) is 9.22. The van der Waals surface area contributed by atoms with Crippen LogP contribution in [0.5, 0.6) is 0 Å². The summed E-state index contributed by atoms with van der Waals surface area (Å²) in [5.74, 6) is -4.16. The molecular weight excluding hydrogens is 498 g/mol. The zero-order valence-corrected chi connectivity index (χ0v) is 19.6. The summed E-state index contributed by atoms with van der Waals surface area (Å²) >= 11 is 0. The van der Waals surface area contributed by atoms with Gasteiger partial charge in [-0.05, 0) is 70.3 Å². The summed E-state index contributed by atoms with van der Waals surface area (Å²) < 4.78 is 62.6. The standard InChI is InChI=1S/C29H19F4N3O2/c30-16-3-6-17(25(33)11-16)13-1-4-18-20(7-13)27-21-8-14(2-5-19(21)26(18)38-27)29(37)36-12-22-23(31)9-15(28(34)35)10-24(22)32/h1-11,26-27H,12H2,(H3,34,35)(H,36,37). The molecule has 2 unspecified atom stereocenters. The molecule has 2 bridgehead atoms. The SMILES string of the molecule is N=C(N)c1cc(F)c(CNC(=O)c2ccc3c(c2)C2OC3c3ccc(-c4ccc(F)cc4F)cc32)c(F)c1. The van der Waals surface area contributed by atoms with Gasteiger partial charge in [0.25, 0.3) is 5.91 Å². The lowest BCUT2D eigenvalue weighted by molar-refractivity contribution is 0.0857. The maximum Gasteiger partial charge on any atom is 0.251 e. The first-order valence-corrected chi connectivity index (χ1v) is 11.7. The molecular formula is C29H19F4N3O2. The van der Waals surface area contributed by atoms with Crippen LogP contribution in [0.15, 0.2) is 66.7 Å². The van der Waals surface area contributed by atoms with Gasteiger partial charge in [-0.25, -0.2) is 17.6 Å². The van der Waals surface area contributed by atoms with E-state index in [1.54, 1.807) is 24.3 Å². The van der Waals surface area contributed by atoms with Crippen LogP contribution in [0.4, 0.5) is 17.6 Å². The number of hydrogen-bond donors (Lipinski definition) is 3. The summed E-state index contributed by atoms with van der Waals surface area (Å²) in [5.41, 5.74) is 9.42. The highest BCUT2D eigenvalue weighted by Gasteiger charge is 2.43. The van der Waals surface area contributed by atoms with E-state index >= 15 is 0 Å². The fourth-order valence-corrected chi connectivity index (χ4v) is 5.08. The number of hydrogen-bond acceptors (Lipinski definition) is 3. The molecule has 2 heterocycles. The van der Waals surface area contributed by atoms with Crippen LogP contribution in [0.2, 0.25) is 0 Å². The largest absolute Gasteiger partial charge is 0.384 e. The van der Waals surface area contributed by atoms with E-state index in [9.17, 15) is 22.4 Å². The minimum Gasteiger partial charge on any atom is -0.384 e. The Balaban J connectivity index is 1.25. The highest BCUT2D eigenvalue weighted by atomic mass is 19.1. The Bertz CT molecular complexity index is 1650. The van der Waals surface area contributed by atoms with E-state index in [2.05, 4.69) is 5.32 Å². The molecule has 190 valence electrons. The smallest absolute Gasteiger partial charge is 0.251 e. The topological polar surface area (TPSA) is 88.2 Å². The van der Waals surface area contributed by atoms with Gasteiger partial charge in [-0.1, -0.05) is 18.2 Å². The molecule has 1 amide bonds. The average molecular weight is 517 g/mol. The number of fused-ring (bicyclic) bond motifs is 8. The second kappa shape index (κ2) is 8.81. The van der Waals surface area contributed by atoms with Gasteiger partial charge in [0.05, 0.1) is 0 Å². The summed E-state index contributed by atoms with van der Waals surface area (Å²) in [4.78, 5) is 12.8. The molecule has 2 atom stereocenters. The van der Waals surface area contributed by atoms with Gasteiger partial charge < -0.3 is 15.8 Å². The molecule has 0 aliphatic carbocycles. The molecule has 0 spiro atoms. The maximum absolute atomic E-state index is 14.4. The van der Waals surface area contributed by atoms with Crippen LogP contribution in [0.3, 0.4) is 0 Å². The Kier molecular flexibility index (Phi) is 5.53. The van der Waals surface area contributed by atoms with Crippen LogP contribution in [0.25, 0.3) is 11.1 Å². The third-order valence-electron chi connectivity index (χ3n) is 6.96. The Hall–Kier alpha value is -4.50. The van der Waals surface area contributed by atoms with Gasteiger partial charge in [0.1, 0.15) is 41.3 Å². The van der Waals surface area contributed by atoms with E-state index < -0.39 is 47.7 Å². The van der Waals surface area contributed by atoms with E-state index in [-0.39, 0.29) is 28.4 Å². The van der Waals surface area contributed by atoms with Crippen molar-refractivity contribution >= 4 is 11.7 Å². The zero-order chi connectivity index (χ0) is 26.7. The van der Waals surface area contributed by atoms with Crippen LogP contribution in [-0.4, -0.2) is 11.7 Å². The van der Waals surface area contributed by atoms with E-state index in [1.807, 2.05) is 12.1 Å². The molecule has 0 saturated heterocycles. The minimum atomic E-state index is -0.917. The average Bonchev–Trinajstić information content (AvgIpc) is 3.44. The minimum absolute atomic E-state index is 0.0886. The number of nitrogens with two attached hydrogens (primary N) is 1. The van der Waals surface area contributed by atoms with E-state index in [0.29, 0.717) is 5.56 Å². The number of halogens is 4. The van der Waals surface area contributed by atoms with Crippen molar-refractivity contribution in [3.8, 4) is 11.1 Å². The van der Waals surface area contributed by atoms with Crippen molar-refractivity contribution in [3.63, 3.8) is 0 Å². The predicted molar refractivity (Wildman–Crippen MR) is 132 cm³/mol. The quantitative estimate of drug-likeness (QED) is 0.182. The number of ether oxygens (including phenoxy) is 1. The summed E-state index contributed by atoms with van der Waals surface area (Å²) in [6, 6.07) is 15.8. The normalized spacial score (nSPS) is 16.7. The summed E-state index contributed by atoms with van der Waals surface area (Å²) in [7, 11) is 0.